The highest BCUT2D eigenvalue weighted by molar-refractivity contribution is 5.95. The fraction of sp³-hybridized carbons (Fsp3) is 0.320. The van der Waals surface area contributed by atoms with Crippen molar-refractivity contribution in [3.63, 3.8) is 0 Å². The Bertz CT molecular complexity index is 1270. The van der Waals surface area contributed by atoms with Crippen LogP contribution in [0.15, 0.2) is 59.4 Å². The molecule has 9 heteroatoms. The minimum atomic E-state index is 0.0145. The molecule has 34 heavy (non-hydrogen) atoms. The molecule has 1 aliphatic rings. The molecule has 1 amide bonds. The number of aromatic nitrogens is 5. The van der Waals surface area contributed by atoms with E-state index >= 15 is 0 Å². The molecular formula is C25H27N7O2. The van der Waals surface area contributed by atoms with E-state index in [4.69, 9.17) is 4.52 Å². The quantitative estimate of drug-likeness (QED) is 0.451. The van der Waals surface area contributed by atoms with E-state index in [0.29, 0.717) is 43.5 Å². The summed E-state index contributed by atoms with van der Waals surface area (Å²) >= 11 is 0. The minimum Gasteiger partial charge on any atom is -0.353 e. The van der Waals surface area contributed by atoms with Crippen molar-refractivity contribution in [3.8, 4) is 17.1 Å². The summed E-state index contributed by atoms with van der Waals surface area (Å²) in [6.07, 6.45) is 3.43. The van der Waals surface area contributed by atoms with Crippen molar-refractivity contribution in [1.82, 2.24) is 29.8 Å². The predicted molar refractivity (Wildman–Crippen MR) is 128 cm³/mol. The Labute approximate surface area is 198 Å². The maximum atomic E-state index is 13.2. The highest BCUT2D eigenvalue weighted by atomic mass is 16.5. The van der Waals surface area contributed by atoms with Crippen molar-refractivity contribution in [3.05, 3.63) is 72.0 Å². The normalized spacial score (nSPS) is 14.1. The number of rotatable bonds is 5. The molecule has 3 aromatic heterocycles. The van der Waals surface area contributed by atoms with E-state index in [1.165, 1.54) is 0 Å². The second kappa shape index (κ2) is 9.09. The summed E-state index contributed by atoms with van der Waals surface area (Å²) in [5.41, 5.74) is 3.25. The molecule has 1 saturated heterocycles. The molecule has 0 atom stereocenters. The fourth-order valence-corrected chi connectivity index (χ4v) is 4.05. The van der Waals surface area contributed by atoms with Gasteiger partial charge in [-0.05, 0) is 31.2 Å². The van der Waals surface area contributed by atoms with Gasteiger partial charge in [-0.15, -0.1) is 0 Å². The average molecular weight is 458 g/mol. The summed E-state index contributed by atoms with van der Waals surface area (Å²) < 4.78 is 7.10. The van der Waals surface area contributed by atoms with E-state index in [1.54, 1.807) is 12.4 Å². The summed E-state index contributed by atoms with van der Waals surface area (Å²) in [6, 6.07) is 13.8. The van der Waals surface area contributed by atoms with E-state index in [1.807, 2.05) is 72.8 Å². The third-order valence-electron chi connectivity index (χ3n) is 6.07. The Hall–Kier alpha value is -4.01. The van der Waals surface area contributed by atoms with Gasteiger partial charge in [0, 0.05) is 43.9 Å². The first kappa shape index (κ1) is 21.8. The molecule has 1 fully saturated rings. The monoisotopic (exact) mass is 457 g/mol. The van der Waals surface area contributed by atoms with E-state index < -0.39 is 0 Å². The minimum absolute atomic E-state index is 0.0145. The zero-order valence-electron chi connectivity index (χ0n) is 19.5. The summed E-state index contributed by atoms with van der Waals surface area (Å²) in [4.78, 5) is 26.3. The lowest BCUT2D eigenvalue weighted by molar-refractivity contribution is 0.0745. The topological polar surface area (TPSA) is 93.2 Å². The standard InChI is InChI=1S/C25H27N7O2/c1-17(2)24-28-23(29-34-24)19-9-10-22(26-15-19)30-11-13-31(14-12-30)25(33)21-16-27-32(18(21)3)20-7-5-4-6-8-20/h4-10,15-17H,11-14H2,1-3H3. The van der Waals surface area contributed by atoms with Crippen molar-refractivity contribution in [2.75, 3.05) is 31.1 Å². The van der Waals surface area contributed by atoms with E-state index in [0.717, 1.165) is 22.8 Å². The lowest BCUT2D eigenvalue weighted by atomic mass is 10.2. The van der Waals surface area contributed by atoms with E-state index in [-0.39, 0.29) is 11.8 Å². The molecular weight excluding hydrogens is 430 g/mol. The number of amides is 1. The number of nitrogens with zero attached hydrogens (tertiary/aromatic N) is 7. The third kappa shape index (κ3) is 4.16. The first-order valence-corrected chi connectivity index (χ1v) is 11.5. The molecule has 1 aliphatic heterocycles. The number of hydrogen-bond acceptors (Lipinski definition) is 7. The number of benzene rings is 1. The molecule has 0 N–H and O–H groups in total. The van der Waals surface area contributed by atoms with Crippen molar-refractivity contribution < 1.29 is 9.32 Å². The van der Waals surface area contributed by atoms with Gasteiger partial charge in [-0.25, -0.2) is 9.67 Å². The van der Waals surface area contributed by atoms with Crippen LogP contribution in [0.3, 0.4) is 0 Å². The van der Waals surface area contributed by atoms with Crippen LogP contribution in [-0.4, -0.2) is 61.9 Å². The molecule has 4 heterocycles. The van der Waals surface area contributed by atoms with Gasteiger partial charge < -0.3 is 14.3 Å². The third-order valence-corrected chi connectivity index (χ3v) is 6.07. The summed E-state index contributed by atoms with van der Waals surface area (Å²) in [5, 5.41) is 8.49. The molecule has 4 aromatic rings. The van der Waals surface area contributed by atoms with Crippen molar-refractivity contribution in [1.29, 1.82) is 0 Å². The zero-order valence-corrected chi connectivity index (χ0v) is 19.5. The number of carbonyl (C=O) groups excluding carboxylic acids is 1. The Morgan fingerprint density at radius 1 is 1.00 bits per heavy atom. The molecule has 174 valence electrons. The van der Waals surface area contributed by atoms with Crippen LogP contribution in [0.2, 0.25) is 0 Å². The van der Waals surface area contributed by atoms with Gasteiger partial charge >= 0.3 is 0 Å². The molecule has 0 aliphatic carbocycles. The van der Waals surface area contributed by atoms with Gasteiger partial charge in [0.15, 0.2) is 0 Å². The maximum Gasteiger partial charge on any atom is 0.257 e. The number of anilines is 1. The first-order chi connectivity index (χ1) is 16.5. The van der Waals surface area contributed by atoms with Crippen molar-refractivity contribution in [2.24, 2.45) is 0 Å². The molecule has 0 saturated carbocycles. The number of carbonyl (C=O) groups is 1. The summed E-state index contributed by atoms with van der Waals surface area (Å²) in [5.74, 6) is 2.23. The van der Waals surface area contributed by atoms with Crippen LogP contribution in [0.5, 0.6) is 0 Å². The largest absolute Gasteiger partial charge is 0.353 e. The van der Waals surface area contributed by atoms with Crippen LogP contribution in [0.25, 0.3) is 17.1 Å². The second-order valence-electron chi connectivity index (χ2n) is 8.69. The molecule has 9 nitrogen and oxygen atoms in total. The first-order valence-electron chi connectivity index (χ1n) is 11.5. The van der Waals surface area contributed by atoms with Crippen LogP contribution in [0, 0.1) is 6.92 Å². The van der Waals surface area contributed by atoms with Crippen LogP contribution >= 0.6 is 0 Å². The highest BCUT2D eigenvalue weighted by Gasteiger charge is 2.26. The van der Waals surface area contributed by atoms with Crippen LogP contribution in [0.1, 0.15) is 41.7 Å². The zero-order chi connectivity index (χ0) is 23.7. The molecule has 5 rings (SSSR count). The van der Waals surface area contributed by atoms with Crippen LogP contribution < -0.4 is 4.90 Å². The van der Waals surface area contributed by atoms with E-state index in [9.17, 15) is 4.79 Å². The van der Waals surface area contributed by atoms with Crippen molar-refractivity contribution in [2.45, 2.75) is 26.7 Å². The van der Waals surface area contributed by atoms with Crippen LogP contribution in [0.4, 0.5) is 5.82 Å². The highest BCUT2D eigenvalue weighted by Crippen LogP contribution is 2.22. The van der Waals surface area contributed by atoms with Crippen LogP contribution in [-0.2, 0) is 0 Å². The lowest BCUT2D eigenvalue weighted by Gasteiger charge is -2.35. The number of hydrogen-bond donors (Lipinski definition) is 0. The molecule has 0 radical (unpaired) electrons. The van der Waals surface area contributed by atoms with Gasteiger partial charge in [0.25, 0.3) is 5.91 Å². The molecule has 1 aromatic carbocycles. The predicted octanol–water partition coefficient (Wildman–Crippen LogP) is 3.71. The Balaban J connectivity index is 1.23. The van der Waals surface area contributed by atoms with Gasteiger partial charge in [0.2, 0.25) is 11.7 Å². The SMILES string of the molecule is Cc1c(C(=O)N2CCN(c3ccc(-c4noc(C(C)C)n4)cn3)CC2)cnn1-c1ccccc1. The van der Waals surface area contributed by atoms with Crippen molar-refractivity contribution >= 4 is 11.7 Å². The van der Waals surface area contributed by atoms with Gasteiger partial charge in [0.05, 0.1) is 23.1 Å². The fourth-order valence-electron chi connectivity index (χ4n) is 4.05. The number of piperazine rings is 1. The second-order valence-corrected chi connectivity index (χ2v) is 8.69. The van der Waals surface area contributed by atoms with Gasteiger partial charge in [-0.3, -0.25) is 4.79 Å². The Kier molecular flexibility index (Phi) is 5.83. The Morgan fingerprint density at radius 3 is 2.41 bits per heavy atom. The smallest absolute Gasteiger partial charge is 0.257 e. The van der Waals surface area contributed by atoms with E-state index in [2.05, 4.69) is 25.1 Å². The van der Waals surface area contributed by atoms with Gasteiger partial charge in [0.1, 0.15) is 5.82 Å². The average Bonchev–Trinajstić information content (AvgIpc) is 3.52. The maximum absolute atomic E-state index is 13.2. The molecule has 0 bridgehead atoms. The number of pyridine rings is 1. The molecule has 0 unspecified atom stereocenters. The van der Waals surface area contributed by atoms with Gasteiger partial charge in [-0.2, -0.15) is 10.1 Å². The molecule has 0 spiro atoms. The van der Waals surface area contributed by atoms with Gasteiger partial charge in [-0.1, -0.05) is 37.2 Å². The summed E-state index contributed by atoms with van der Waals surface area (Å²) in [6.45, 7) is 8.64. The number of para-hydroxylation sites is 1. The summed E-state index contributed by atoms with van der Waals surface area (Å²) in [7, 11) is 0. The Morgan fingerprint density at radius 2 is 1.76 bits per heavy atom. The lowest BCUT2D eigenvalue weighted by Crippen LogP contribution is -2.49.